The van der Waals surface area contributed by atoms with E-state index in [1.807, 2.05) is 0 Å². The van der Waals surface area contributed by atoms with E-state index < -0.39 is 6.10 Å². The lowest BCUT2D eigenvalue weighted by atomic mass is 10.0. The molecule has 0 saturated heterocycles. The summed E-state index contributed by atoms with van der Waals surface area (Å²) in [5, 5.41) is 0. The van der Waals surface area contributed by atoms with E-state index in [0.29, 0.717) is 19.3 Å². The van der Waals surface area contributed by atoms with Gasteiger partial charge in [0, 0.05) is 19.3 Å². The highest BCUT2D eigenvalue weighted by Crippen LogP contribution is 2.18. The monoisotopic (exact) mass is 1010 g/mol. The lowest BCUT2D eigenvalue weighted by Crippen LogP contribution is -2.30. The van der Waals surface area contributed by atoms with E-state index in [1.165, 1.54) is 231 Å². The van der Waals surface area contributed by atoms with Gasteiger partial charge in [-0.1, -0.05) is 295 Å². The lowest BCUT2D eigenvalue weighted by Gasteiger charge is -2.18. The Hall–Kier alpha value is -2.37. The molecule has 0 aromatic heterocycles. The van der Waals surface area contributed by atoms with E-state index in [0.717, 1.165) is 77.0 Å². The van der Waals surface area contributed by atoms with Gasteiger partial charge in [-0.05, 0) is 70.6 Å². The number of ether oxygens (including phenoxy) is 3. The van der Waals surface area contributed by atoms with E-state index in [4.69, 9.17) is 14.2 Å². The van der Waals surface area contributed by atoms with Crippen LogP contribution in [0.25, 0.3) is 0 Å². The van der Waals surface area contributed by atoms with Crippen LogP contribution in [0.3, 0.4) is 0 Å². The normalized spacial score (nSPS) is 12.2. The maximum Gasteiger partial charge on any atom is 0.306 e. The van der Waals surface area contributed by atoms with Gasteiger partial charge in [0.05, 0.1) is 0 Å². The molecule has 0 amide bonds. The second-order valence-corrected chi connectivity index (χ2v) is 21.7. The number of hydrogen-bond donors (Lipinski definition) is 0. The number of carbonyl (C=O) groups is 3. The van der Waals surface area contributed by atoms with Gasteiger partial charge >= 0.3 is 17.9 Å². The Kier molecular flexibility index (Phi) is 59.2. The Bertz CT molecular complexity index is 1210. The summed E-state index contributed by atoms with van der Waals surface area (Å²) in [6, 6.07) is 0. The summed E-state index contributed by atoms with van der Waals surface area (Å²) < 4.78 is 16.9. The van der Waals surface area contributed by atoms with Crippen LogP contribution >= 0.6 is 0 Å². The summed E-state index contributed by atoms with van der Waals surface area (Å²) >= 11 is 0. The van der Waals surface area contributed by atoms with Gasteiger partial charge in [-0.3, -0.25) is 14.4 Å². The summed E-state index contributed by atoms with van der Waals surface area (Å²) in [6.45, 7) is 6.62. The Morgan fingerprint density at radius 1 is 0.278 bits per heavy atom. The predicted molar refractivity (Wildman–Crippen MR) is 312 cm³/mol. The van der Waals surface area contributed by atoms with Crippen molar-refractivity contribution in [1.82, 2.24) is 0 Å². The maximum atomic E-state index is 12.9. The Balaban J connectivity index is 4.20. The first-order chi connectivity index (χ1) is 35.5. The van der Waals surface area contributed by atoms with Crippen molar-refractivity contribution in [2.75, 3.05) is 13.2 Å². The van der Waals surface area contributed by atoms with E-state index in [9.17, 15) is 14.4 Å². The second kappa shape index (κ2) is 61.2. The molecule has 0 radical (unpaired) electrons. The molecular weight excluding hydrogens is 889 g/mol. The van der Waals surface area contributed by atoms with Crippen molar-refractivity contribution in [3.8, 4) is 0 Å². The van der Waals surface area contributed by atoms with Crippen LogP contribution in [-0.2, 0) is 28.6 Å². The molecule has 6 heteroatoms. The molecule has 6 nitrogen and oxygen atoms in total. The van der Waals surface area contributed by atoms with E-state index in [2.05, 4.69) is 57.2 Å². The summed E-state index contributed by atoms with van der Waals surface area (Å²) in [5.74, 6) is -0.863. The van der Waals surface area contributed by atoms with Crippen LogP contribution in [0.4, 0.5) is 0 Å². The van der Waals surface area contributed by atoms with Crippen LogP contribution in [0.5, 0.6) is 0 Å². The number of allylic oxidation sites excluding steroid dienone is 6. The molecule has 0 rings (SSSR count). The van der Waals surface area contributed by atoms with Gasteiger partial charge in [0.15, 0.2) is 6.10 Å². The Morgan fingerprint density at radius 2 is 0.528 bits per heavy atom. The standard InChI is InChI=1S/C66H122O6/c1-4-7-10-13-16-19-22-24-26-28-30-32-33-35-36-38-40-42-44-47-50-53-56-59-65(68)71-62-63(61-70-64(67)58-55-52-49-46-21-18-15-12-9-6-3)72-66(69)60-57-54-51-48-45-43-41-39-37-34-31-29-27-25-23-20-17-14-11-8-5-2/h12,15,22,24,28,30,63H,4-11,13-14,16-21,23,25-27,29,31-62H2,1-3H3/b15-12-,24-22-,30-28-. The zero-order chi connectivity index (χ0) is 52.2. The third-order valence-corrected chi connectivity index (χ3v) is 14.3. The third kappa shape index (κ3) is 58.5. The zero-order valence-corrected chi connectivity index (χ0v) is 48.5. The molecule has 0 aliphatic carbocycles. The summed E-state index contributed by atoms with van der Waals surface area (Å²) in [5.41, 5.74) is 0. The van der Waals surface area contributed by atoms with Gasteiger partial charge in [-0.25, -0.2) is 0 Å². The fourth-order valence-corrected chi connectivity index (χ4v) is 9.54. The quantitative estimate of drug-likeness (QED) is 0.0261. The minimum absolute atomic E-state index is 0.0719. The first kappa shape index (κ1) is 69.6. The van der Waals surface area contributed by atoms with Crippen LogP contribution in [0, 0.1) is 0 Å². The molecule has 0 bridgehead atoms. The fraction of sp³-hybridized carbons (Fsp3) is 0.864. The van der Waals surface area contributed by atoms with Gasteiger partial charge < -0.3 is 14.2 Å². The molecule has 0 aromatic rings. The number of esters is 3. The van der Waals surface area contributed by atoms with Crippen molar-refractivity contribution in [3.63, 3.8) is 0 Å². The number of rotatable bonds is 59. The fourth-order valence-electron chi connectivity index (χ4n) is 9.54. The smallest absolute Gasteiger partial charge is 0.306 e. The molecule has 0 heterocycles. The van der Waals surface area contributed by atoms with Crippen LogP contribution in [-0.4, -0.2) is 37.2 Å². The highest BCUT2D eigenvalue weighted by molar-refractivity contribution is 5.71. The minimum atomic E-state index is -0.773. The highest BCUT2D eigenvalue weighted by Gasteiger charge is 2.19. The topological polar surface area (TPSA) is 78.9 Å². The number of hydrogen-bond acceptors (Lipinski definition) is 6. The van der Waals surface area contributed by atoms with Crippen molar-refractivity contribution in [3.05, 3.63) is 36.5 Å². The average Bonchev–Trinajstić information content (AvgIpc) is 3.38. The average molecular weight is 1010 g/mol. The van der Waals surface area contributed by atoms with Gasteiger partial charge in [-0.2, -0.15) is 0 Å². The molecule has 422 valence electrons. The van der Waals surface area contributed by atoms with Crippen molar-refractivity contribution >= 4 is 17.9 Å². The molecule has 72 heavy (non-hydrogen) atoms. The molecule has 0 fully saturated rings. The van der Waals surface area contributed by atoms with Gasteiger partial charge in [-0.15, -0.1) is 0 Å². The Morgan fingerprint density at radius 3 is 0.833 bits per heavy atom. The van der Waals surface area contributed by atoms with Gasteiger partial charge in [0.25, 0.3) is 0 Å². The SMILES string of the molecule is CCC/C=C\CCCCCCCC(=O)OCC(COC(=O)CCCCCCCCCCCCC/C=C\C/C=C\CCCCCCC)OC(=O)CCCCCCCCCCCCCCCCCCCCCCC. The molecular formula is C66H122O6. The molecule has 0 N–H and O–H groups in total. The zero-order valence-electron chi connectivity index (χ0n) is 48.5. The van der Waals surface area contributed by atoms with Gasteiger partial charge in [0.2, 0.25) is 0 Å². The first-order valence-electron chi connectivity index (χ1n) is 32.0. The van der Waals surface area contributed by atoms with Crippen LogP contribution in [0.15, 0.2) is 36.5 Å². The third-order valence-electron chi connectivity index (χ3n) is 14.3. The predicted octanol–water partition coefficient (Wildman–Crippen LogP) is 21.6. The molecule has 0 saturated carbocycles. The molecule has 1 atom stereocenters. The largest absolute Gasteiger partial charge is 0.462 e. The molecule has 1 unspecified atom stereocenters. The van der Waals surface area contributed by atoms with Crippen LogP contribution in [0.1, 0.15) is 348 Å². The molecule has 0 aliphatic rings. The van der Waals surface area contributed by atoms with Crippen molar-refractivity contribution in [1.29, 1.82) is 0 Å². The van der Waals surface area contributed by atoms with Crippen molar-refractivity contribution in [2.45, 2.75) is 354 Å². The van der Waals surface area contributed by atoms with Gasteiger partial charge in [0.1, 0.15) is 13.2 Å². The number of unbranched alkanes of at least 4 members (excludes halogenated alkanes) is 42. The molecule has 0 aliphatic heterocycles. The van der Waals surface area contributed by atoms with Crippen LogP contribution in [0.2, 0.25) is 0 Å². The molecule has 0 aromatic carbocycles. The first-order valence-corrected chi connectivity index (χ1v) is 32.0. The van der Waals surface area contributed by atoms with Crippen molar-refractivity contribution < 1.29 is 28.6 Å². The lowest BCUT2D eigenvalue weighted by molar-refractivity contribution is -0.167. The highest BCUT2D eigenvalue weighted by atomic mass is 16.6. The summed E-state index contributed by atoms with van der Waals surface area (Å²) in [6.07, 6.45) is 74.5. The maximum absolute atomic E-state index is 12.9. The minimum Gasteiger partial charge on any atom is -0.462 e. The van der Waals surface area contributed by atoms with Crippen molar-refractivity contribution in [2.24, 2.45) is 0 Å². The van der Waals surface area contributed by atoms with E-state index >= 15 is 0 Å². The number of carbonyl (C=O) groups excluding carboxylic acids is 3. The second-order valence-electron chi connectivity index (χ2n) is 21.7. The summed E-state index contributed by atoms with van der Waals surface area (Å²) in [7, 11) is 0. The Labute approximate surface area is 448 Å². The molecule has 0 spiro atoms. The van der Waals surface area contributed by atoms with Crippen LogP contribution < -0.4 is 0 Å². The van der Waals surface area contributed by atoms with E-state index in [-0.39, 0.29) is 31.1 Å². The summed E-state index contributed by atoms with van der Waals surface area (Å²) in [4.78, 5) is 38.2. The van der Waals surface area contributed by atoms with E-state index in [1.54, 1.807) is 0 Å².